The number of nitrogens with zero attached hydrogens (tertiary/aromatic N) is 5. The Labute approximate surface area is 183 Å². The van der Waals surface area contributed by atoms with E-state index in [1.54, 1.807) is 11.0 Å². The number of aromatic nitrogens is 3. The fourth-order valence-corrected chi connectivity index (χ4v) is 3.88. The van der Waals surface area contributed by atoms with Gasteiger partial charge in [0.1, 0.15) is 12.7 Å². The molecule has 4 rings (SSSR count). The van der Waals surface area contributed by atoms with Crippen molar-refractivity contribution < 1.29 is 9.53 Å². The molecule has 1 aliphatic rings. The number of carbonyl (C=O) groups excluding carboxylic acids is 1. The standard InChI is InChI=1S/C24H29N5O2/c1-20(15-27-11-13-31-14-12-27)29(17-21-5-3-2-4-6-21)24(30)23-9-7-22(8-10-23)16-28-19-25-18-26-28/h2-10,18-20H,11-17H2,1H3. The summed E-state index contributed by atoms with van der Waals surface area (Å²) in [7, 11) is 0. The molecule has 0 spiro atoms. The summed E-state index contributed by atoms with van der Waals surface area (Å²) in [6.07, 6.45) is 3.21. The van der Waals surface area contributed by atoms with Crippen LogP contribution in [0, 0.1) is 0 Å². The lowest BCUT2D eigenvalue weighted by Crippen LogP contribution is -2.48. The average molecular weight is 420 g/mol. The van der Waals surface area contributed by atoms with Crippen molar-refractivity contribution in [3.63, 3.8) is 0 Å². The summed E-state index contributed by atoms with van der Waals surface area (Å²) >= 11 is 0. The van der Waals surface area contributed by atoms with Crippen LogP contribution in [0.4, 0.5) is 0 Å². The van der Waals surface area contributed by atoms with Crippen LogP contribution >= 0.6 is 0 Å². The SMILES string of the molecule is CC(CN1CCOCC1)N(Cc1ccccc1)C(=O)c1ccc(Cn2cncn2)cc1. The molecule has 0 saturated carbocycles. The minimum atomic E-state index is 0.0527. The molecule has 7 heteroatoms. The molecule has 2 aromatic carbocycles. The molecule has 1 fully saturated rings. The molecule has 0 N–H and O–H groups in total. The highest BCUT2D eigenvalue weighted by Crippen LogP contribution is 2.16. The van der Waals surface area contributed by atoms with Crippen molar-refractivity contribution in [2.24, 2.45) is 0 Å². The summed E-state index contributed by atoms with van der Waals surface area (Å²) in [6, 6.07) is 18.1. The first-order valence-electron chi connectivity index (χ1n) is 10.8. The number of rotatable bonds is 8. The van der Waals surface area contributed by atoms with Gasteiger partial charge >= 0.3 is 0 Å². The molecule has 7 nitrogen and oxygen atoms in total. The predicted octanol–water partition coefficient (Wildman–Crippen LogP) is 2.69. The Bertz CT molecular complexity index is 938. The lowest BCUT2D eigenvalue weighted by Gasteiger charge is -2.35. The second kappa shape index (κ2) is 10.3. The number of ether oxygens (including phenoxy) is 1. The van der Waals surface area contributed by atoms with Crippen molar-refractivity contribution >= 4 is 5.91 Å². The van der Waals surface area contributed by atoms with E-state index in [0.717, 1.165) is 44.0 Å². The van der Waals surface area contributed by atoms with E-state index in [2.05, 4.69) is 34.0 Å². The van der Waals surface area contributed by atoms with Gasteiger partial charge in [-0.25, -0.2) is 9.67 Å². The van der Waals surface area contributed by atoms with Crippen LogP contribution in [0.25, 0.3) is 0 Å². The Balaban J connectivity index is 1.49. The number of carbonyl (C=O) groups is 1. The molecular formula is C24H29N5O2. The van der Waals surface area contributed by atoms with Crippen LogP contribution in [0.3, 0.4) is 0 Å². The van der Waals surface area contributed by atoms with E-state index in [9.17, 15) is 4.79 Å². The highest BCUT2D eigenvalue weighted by atomic mass is 16.5. The smallest absolute Gasteiger partial charge is 0.254 e. The third-order valence-electron chi connectivity index (χ3n) is 5.63. The first-order valence-corrected chi connectivity index (χ1v) is 10.8. The van der Waals surface area contributed by atoms with E-state index in [1.165, 1.54) is 6.33 Å². The minimum absolute atomic E-state index is 0.0527. The van der Waals surface area contributed by atoms with Gasteiger partial charge in [0, 0.05) is 37.8 Å². The van der Waals surface area contributed by atoms with Crippen LogP contribution in [-0.4, -0.2) is 69.4 Å². The van der Waals surface area contributed by atoms with E-state index in [-0.39, 0.29) is 11.9 Å². The number of hydrogen-bond acceptors (Lipinski definition) is 5. The number of hydrogen-bond donors (Lipinski definition) is 0. The topological polar surface area (TPSA) is 63.5 Å². The Morgan fingerprint density at radius 1 is 1.06 bits per heavy atom. The molecule has 162 valence electrons. The van der Waals surface area contributed by atoms with Crippen molar-refractivity contribution in [1.82, 2.24) is 24.6 Å². The van der Waals surface area contributed by atoms with Crippen LogP contribution in [0.1, 0.15) is 28.4 Å². The Morgan fingerprint density at radius 3 is 2.48 bits per heavy atom. The maximum atomic E-state index is 13.5. The Kier molecular flexibility index (Phi) is 7.07. The molecule has 1 amide bonds. The molecule has 0 radical (unpaired) electrons. The van der Waals surface area contributed by atoms with Gasteiger partial charge in [0.2, 0.25) is 0 Å². The molecule has 1 atom stereocenters. The number of amides is 1. The lowest BCUT2D eigenvalue weighted by molar-refractivity contribution is 0.0228. The first kappa shape index (κ1) is 21.2. The molecule has 31 heavy (non-hydrogen) atoms. The summed E-state index contributed by atoms with van der Waals surface area (Å²) < 4.78 is 7.24. The van der Waals surface area contributed by atoms with Crippen LogP contribution in [-0.2, 0) is 17.8 Å². The molecule has 1 aliphatic heterocycles. The molecular weight excluding hydrogens is 390 g/mol. The van der Waals surface area contributed by atoms with Crippen LogP contribution in [0.5, 0.6) is 0 Å². The molecule has 1 aromatic heterocycles. The second-order valence-corrected chi connectivity index (χ2v) is 7.97. The highest BCUT2D eigenvalue weighted by molar-refractivity contribution is 5.94. The van der Waals surface area contributed by atoms with E-state index >= 15 is 0 Å². The van der Waals surface area contributed by atoms with Crippen LogP contribution in [0.2, 0.25) is 0 Å². The zero-order valence-electron chi connectivity index (χ0n) is 17.9. The molecule has 0 aliphatic carbocycles. The fourth-order valence-electron chi connectivity index (χ4n) is 3.88. The van der Waals surface area contributed by atoms with Crippen molar-refractivity contribution in [3.05, 3.63) is 83.9 Å². The maximum absolute atomic E-state index is 13.5. The quantitative estimate of drug-likeness (QED) is 0.562. The zero-order valence-corrected chi connectivity index (χ0v) is 17.9. The van der Waals surface area contributed by atoms with Gasteiger partial charge in [0.15, 0.2) is 0 Å². The predicted molar refractivity (Wildman–Crippen MR) is 119 cm³/mol. The molecule has 3 aromatic rings. The first-order chi connectivity index (χ1) is 15.2. The zero-order chi connectivity index (χ0) is 21.5. The molecule has 2 heterocycles. The highest BCUT2D eigenvalue weighted by Gasteiger charge is 2.24. The van der Waals surface area contributed by atoms with Gasteiger partial charge < -0.3 is 9.64 Å². The lowest BCUT2D eigenvalue weighted by atomic mass is 10.1. The molecule has 1 saturated heterocycles. The largest absolute Gasteiger partial charge is 0.379 e. The fraction of sp³-hybridized carbons (Fsp3) is 0.375. The molecule has 1 unspecified atom stereocenters. The van der Waals surface area contributed by atoms with E-state index in [4.69, 9.17) is 4.74 Å². The summed E-state index contributed by atoms with van der Waals surface area (Å²) in [4.78, 5) is 21.8. The minimum Gasteiger partial charge on any atom is -0.379 e. The maximum Gasteiger partial charge on any atom is 0.254 e. The van der Waals surface area contributed by atoms with Crippen molar-refractivity contribution in [1.29, 1.82) is 0 Å². The molecule has 0 bridgehead atoms. The van der Waals surface area contributed by atoms with Gasteiger partial charge in [0.05, 0.1) is 19.8 Å². The van der Waals surface area contributed by atoms with Gasteiger partial charge in [-0.2, -0.15) is 5.10 Å². The monoisotopic (exact) mass is 419 g/mol. The van der Waals surface area contributed by atoms with Crippen molar-refractivity contribution in [2.75, 3.05) is 32.8 Å². The van der Waals surface area contributed by atoms with E-state index in [1.807, 2.05) is 47.4 Å². The van der Waals surface area contributed by atoms with Gasteiger partial charge in [-0.15, -0.1) is 0 Å². The summed E-state index contributed by atoms with van der Waals surface area (Å²) in [5, 5.41) is 4.14. The van der Waals surface area contributed by atoms with E-state index in [0.29, 0.717) is 18.7 Å². The van der Waals surface area contributed by atoms with Crippen LogP contribution in [0.15, 0.2) is 67.3 Å². The Morgan fingerprint density at radius 2 is 1.81 bits per heavy atom. The normalized spacial score (nSPS) is 15.5. The summed E-state index contributed by atoms with van der Waals surface area (Å²) in [5.74, 6) is 0.0527. The van der Waals surface area contributed by atoms with Crippen LogP contribution < -0.4 is 0 Å². The third-order valence-corrected chi connectivity index (χ3v) is 5.63. The van der Waals surface area contributed by atoms with Crippen molar-refractivity contribution in [3.8, 4) is 0 Å². The summed E-state index contributed by atoms with van der Waals surface area (Å²) in [6.45, 7) is 7.53. The number of benzene rings is 2. The van der Waals surface area contributed by atoms with Crippen molar-refractivity contribution in [2.45, 2.75) is 26.1 Å². The van der Waals surface area contributed by atoms with Gasteiger partial charge in [0.25, 0.3) is 5.91 Å². The third kappa shape index (κ3) is 5.77. The van der Waals surface area contributed by atoms with Gasteiger partial charge in [-0.05, 0) is 30.2 Å². The second-order valence-electron chi connectivity index (χ2n) is 7.97. The van der Waals surface area contributed by atoms with Gasteiger partial charge in [-0.3, -0.25) is 9.69 Å². The number of morpholine rings is 1. The van der Waals surface area contributed by atoms with E-state index < -0.39 is 0 Å². The summed E-state index contributed by atoms with van der Waals surface area (Å²) in [5.41, 5.74) is 2.91. The van der Waals surface area contributed by atoms with Gasteiger partial charge in [-0.1, -0.05) is 42.5 Å². The average Bonchev–Trinajstić information content (AvgIpc) is 3.32. The Hall–Kier alpha value is -3.03.